The lowest BCUT2D eigenvalue weighted by Crippen LogP contribution is -2.11. The van der Waals surface area contributed by atoms with Crippen molar-refractivity contribution in [2.75, 3.05) is 12.3 Å². The zero-order chi connectivity index (χ0) is 9.14. The minimum atomic E-state index is -1.04. The van der Waals surface area contributed by atoms with Gasteiger partial charge in [-0.2, -0.15) is 0 Å². The molecular formula is C7H13N3OS. The predicted octanol–water partition coefficient (Wildman–Crippen LogP) is 0.0928. The molecule has 5 heteroatoms. The van der Waals surface area contributed by atoms with Gasteiger partial charge in [-0.3, -0.25) is 4.21 Å². The summed E-state index contributed by atoms with van der Waals surface area (Å²) in [7, 11) is -1.04. The van der Waals surface area contributed by atoms with Gasteiger partial charge in [0.05, 0.1) is 10.8 Å². The van der Waals surface area contributed by atoms with E-state index < -0.39 is 10.8 Å². The molecule has 68 valence electrons. The van der Waals surface area contributed by atoms with E-state index >= 15 is 0 Å². The fraction of sp³-hybridized carbons (Fsp3) is 0.571. The number of aromatic nitrogens is 2. The molecule has 0 radical (unpaired) electrons. The van der Waals surface area contributed by atoms with Crippen molar-refractivity contribution in [3.63, 3.8) is 0 Å². The molecule has 1 aromatic rings. The smallest absolute Gasteiger partial charge is 0.148 e. The molecule has 0 bridgehead atoms. The molecule has 1 atom stereocenters. The molecule has 1 rings (SSSR count). The topological polar surface area (TPSA) is 71.8 Å². The molecule has 3 N–H and O–H groups in total. The third kappa shape index (κ3) is 1.92. The van der Waals surface area contributed by atoms with Crippen LogP contribution in [0.3, 0.4) is 0 Å². The Morgan fingerprint density at radius 2 is 2.25 bits per heavy atom. The van der Waals surface area contributed by atoms with E-state index in [2.05, 4.69) is 9.97 Å². The van der Waals surface area contributed by atoms with Gasteiger partial charge < -0.3 is 10.7 Å². The summed E-state index contributed by atoms with van der Waals surface area (Å²) in [6.07, 6.45) is 0. The maximum absolute atomic E-state index is 11.4. The summed E-state index contributed by atoms with van der Waals surface area (Å²) < 4.78 is 11.4. The van der Waals surface area contributed by atoms with E-state index in [0.717, 1.165) is 11.5 Å². The Labute approximate surface area is 74.0 Å². The second-order valence-corrected chi connectivity index (χ2v) is 4.08. The van der Waals surface area contributed by atoms with Crippen LogP contribution in [-0.2, 0) is 10.8 Å². The highest BCUT2D eigenvalue weighted by Crippen LogP contribution is 2.08. The number of hydrogen-bond donors (Lipinski definition) is 2. The van der Waals surface area contributed by atoms with Gasteiger partial charge in [-0.25, -0.2) is 4.98 Å². The number of aryl methyl sites for hydroxylation is 2. The first kappa shape index (κ1) is 9.41. The number of imidazole rings is 1. The monoisotopic (exact) mass is 187 g/mol. The van der Waals surface area contributed by atoms with Crippen LogP contribution < -0.4 is 5.73 Å². The largest absolute Gasteiger partial charge is 0.345 e. The van der Waals surface area contributed by atoms with Crippen LogP contribution in [0.1, 0.15) is 11.5 Å². The van der Waals surface area contributed by atoms with Crippen molar-refractivity contribution >= 4 is 10.8 Å². The Morgan fingerprint density at radius 3 is 2.67 bits per heavy atom. The zero-order valence-corrected chi connectivity index (χ0v) is 8.07. The van der Waals surface area contributed by atoms with E-state index in [0.29, 0.717) is 17.3 Å². The standard InChI is InChI=1S/C7H13N3OS/c1-5-7(10-6(2)9-5)12(11)4-3-8/h3-4,8H2,1-2H3,(H,9,10). The van der Waals surface area contributed by atoms with E-state index in [1.54, 1.807) is 0 Å². The molecule has 4 nitrogen and oxygen atoms in total. The molecule has 12 heavy (non-hydrogen) atoms. The van der Waals surface area contributed by atoms with Crippen molar-refractivity contribution in [2.24, 2.45) is 5.73 Å². The van der Waals surface area contributed by atoms with Crippen molar-refractivity contribution in [3.05, 3.63) is 11.5 Å². The van der Waals surface area contributed by atoms with Gasteiger partial charge in [-0.1, -0.05) is 0 Å². The Bertz CT molecular complexity index is 295. The number of nitrogens with zero attached hydrogens (tertiary/aromatic N) is 1. The van der Waals surface area contributed by atoms with Crippen molar-refractivity contribution in [1.29, 1.82) is 0 Å². The maximum atomic E-state index is 11.4. The van der Waals surface area contributed by atoms with Gasteiger partial charge in [-0.05, 0) is 13.8 Å². The van der Waals surface area contributed by atoms with E-state index in [1.165, 1.54) is 0 Å². The first-order valence-corrected chi connectivity index (χ1v) is 5.08. The zero-order valence-electron chi connectivity index (χ0n) is 7.26. The molecule has 0 aromatic carbocycles. The van der Waals surface area contributed by atoms with Crippen LogP contribution in [0.2, 0.25) is 0 Å². The SMILES string of the molecule is Cc1nc(S(=O)CCN)c(C)[nH]1. The van der Waals surface area contributed by atoms with Gasteiger partial charge in [0, 0.05) is 18.0 Å². The molecule has 0 aliphatic heterocycles. The first-order chi connectivity index (χ1) is 5.65. The molecule has 1 unspecified atom stereocenters. The van der Waals surface area contributed by atoms with E-state index in [-0.39, 0.29) is 0 Å². The maximum Gasteiger partial charge on any atom is 0.148 e. The normalized spacial score (nSPS) is 13.2. The highest BCUT2D eigenvalue weighted by molar-refractivity contribution is 7.85. The lowest BCUT2D eigenvalue weighted by atomic mass is 10.6. The fourth-order valence-electron chi connectivity index (χ4n) is 1.01. The minimum absolute atomic E-state index is 0.429. The molecule has 0 saturated heterocycles. The van der Waals surface area contributed by atoms with Gasteiger partial charge in [0.2, 0.25) is 0 Å². The highest BCUT2D eigenvalue weighted by Gasteiger charge is 2.10. The average Bonchev–Trinajstić information content (AvgIpc) is 2.30. The molecule has 0 spiro atoms. The molecule has 0 amide bonds. The summed E-state index contributed by atoms with van der Waals surface area (Å²) in [5, 5.41) is 0.637. The van der Waals surface area contributed by atoms with E-state index in [4.69, 9.17) is 5.73 Å². The quantitative estimate of drug-likeness (QED) is 0.704. The molecule has 0 aliphatic carbocycles. The summed E-state index contributed by atoms with van der Waals surface area (Å²) in [5.41, 5.74) is 6.17. The van der Waals surface area contributed by atoms with Gasteiger partial charge in [0.1, 0.15) is 10.9 Å². The summed E-state index contributed by atoms with van der Waals surface area (Å²) in [5.74, 6) is 1.28. The van der Waals surface area contributed by atoms with E-state index in [1.807, 2.05) is 13.8 Å². The van der Waals surface area contributed by atoms with Crippen LogP contribution in [-0.4, -0.2) is 26.5 Å². The number of H-pyrrole nitrogens is 1. The van der Waals surface area contributed by atoms with Crippen LogP contribution in [0, 0.1) is 13.8 Å². The van der Waals surface area contributed by atoms with Crippen LogP contribution in [0.5, 0.6) is 0 Å². The lowest BCUT2D eigenvalue weighted by Gasteiger charge is -1.95. The van der Waals surface area contributed by atoms with Crippen LogP contribution in [0.25, 0.3) is 0 Å². The molecule has 1 heterocycles. The molecule has 0 aliphatic rings. The lowest BCUT2D eigenvalue weighted by molar-refractivity contribution is 0.679. The third-order valence-corrected chi connectivity index (χ3v) is 2.91. The molecular weight excluding hydrogens is 174 g/mol. The van der Waals surface area contributed by atoms with Gasteiger partial charge in [-0.15, -0.1) is 0 Å². The third-order valence-electron chi connectivity index (χ3n) is 1.48. The van der Waals surface area contributed by atoms with Crippen molar-refractivity contribution in [3.8, 4) is 0 Å². The Balaban J connectivity index is 2.87. The minimum Gasteiger partial charge on any atom is -0.345 e. The average molecular weight is 187 g/mol. The molecule has 1 aromatic heterocycles. The van der Waals surface area contributed by atoms with Gasteiger partial charge in [0.15, 0.2) is 0 Å². The van der Waals surface area contributed by atoms with Crippen LogP contribution >= 0.6 is 0 Å². The first-order valence-electron chi connectivity index (χ1n) is 3.76. The Hall–Kier alpha value is -0.680. The Kier molecular flexibility index (Phi) is 2.99. The predicted molar refractivity (Wildman–Crippen MR) is 48.4 cm³/mol. The van der Waals surface area contributed by atoms with Gasteiger partial charge >= 0.3 is 0 Å². The second kappa shape index (κ2) is 3.82. The summed E-state index contributed by atoms with van der Waals surface area (Å²) >= 11 is 0. The fourth-order valence-corrected chi connectivity index (χ4v) is 2.05. The van der Waals surface area contributed by atoms with Crippen molar-refractivity contribution < 1.29 is 4.21 Å². The summed E-state index contributed by atoms with van der Waals surface area (Å²) in [6, 6.07) is 0. The number of aromatic amines is 1. The highest BCUT2D eigenvalue weighted by atomic mass is 32.2. The van der Waals surface area contributed by atoms with Crippen LogP contribution in [0.15, 0.2) is 5.03 Å². The summed E-state index contributed by atoms with van der Waals surface area (Å²) in [4.78, 5) is 7.12. The Morgan fingerprint density at radius 1 is 1.58 bits per heavy atom. The van der Waals surface area contributed by atoms with Gasteiger partial charge in [0.25, 0.3) is 0 Å². The van der Waals surface area contributed by atoms with E-state index in [9.17, 15) is 4.21 Å². The van der Waals surface area contributed by atoms with Crippen LogP contribution in [0.4, 0.5) is 0 Å². The van der Waals surface area contributed by atoms with Crippen molar-refractivity contribution in [1.82, 2.24) is 9.97 Å². The summed E-state index contributed by atoms with van der Waals surface area (Å²) in [6.45, 7) is 4.14. The number of nitrogens with two attached hydrogens (primary N) is 1. The number of rotatable bonds is 3. The second-order valence-electron chi connectivity index (χ2n) is 2.59. The number of nitrogens with one attached hydrogen (secondary N) is 1. The molecule has 0 fully saturated rings. The molecule has 0 saturated carbocycles. The number of hydrogen-bond acceptors (Lipinski definition) is 3. The van der Waals surface area contributed by atoms with Crippen molar-refractivity contribution in [2.45, 2.75) is 18.9 Å².